The van der Waals surface area contributed by atoms with E-state index in [1.165, 1.54) is 12.8 Å². The summed E-state index contributed by atoms with van der Waals surface area (Å²) in [6.45, 7) is 2.00. The Bertz CT molecular complexity index is 663. The van der Waals surface area contributed by atoms with Crippen LogP contribution in [-0.2, 0) is 10.0 Å². The topological polar surface area (TPSA) is 73.8 Å². The minimum atomic E-state index is -3.35. The molecule has 1 aromatic rings. The number of nitrogens with one attached hydrogen (secondary N) is 2. The molecule has 0 aromatic heterocycles. The fraction of sp³-hybridized carbons (Fsp3) is 0.588. The predicted octanol–water partition coefficient (Wildman–Crippen LogP) is 1.41. The summed E-state index contributed by atoms with van der Waals surface area (Å²) < 4.78 is 26.8. The summed E-state index contributed by atoms with van der Waals surface area (Å²) in [5.74, 6) is 1.34. The predicted molar refractivity (Wildman–Crippen MR) is 95.4 cm³/mol. The van der Waals surface area contributed by atoms with Crippen molar-refractivity contribution in [3.63, 3.8) is 0 Å². The van der Waals surface area contributed by atoms with E-state index in [1.807, 2.05) is 6.07 Å². The lowest BCUT2D eigenvalue weighted by Crippen LogP contribution is -2.44. The molecule has 0 atom stereocenters. The van der Waals surface area contributed by atoms with Gasteiger partial charge in [-0.25, -0.2) is 8.42 Å². The Labute approximate surface area is 144 Å². The van der Waals surface area contributed by atoms with E-state index < -0.39 is 10.0 Å². The first kappa shape index (κ1) is 17.2. The van der Waals surface area contributed by atoms with Gasteiger partial charge in [0.2, 0.25) is 10.0 Å². The van der Waals surface area contributed by atoms with Gasteiger partial charge in [0.15, 0.2) is 5.96 Å². The quantitative estimate of drug-likeness (QED) is 0.622. The summed E-state index contributed by atoms with van der Waals surface area (Å²) in [7, 11) is -1.57. The molecule has 3 rings (SSSR count). The summed E-state index contributed by atoms with van der Waals surface area (Å²) in [5.41, 5.74) is 0. The highest BCUT2D eigenvalue weighted by atomic mass is 32.2. The van der Waals surface area contributed by atoms with Crippen LogP contribution in [0.25, 0.3) is 0 Å². The molecule has 0 radical (unpaired) electrons. The summed E-state index contributed by atoms with van der Waals surface area (Å²) >= 11 is 0. The number of nitrogens with zero attached hydrogens (tertiary/aromatic N) is 2. The monoisotopic (exact) mass is 350 g/mol. The van der Waals surface area contributed by atoms with Crippen molar-refractivity contribution in [2.45, 2.75) is 36.6 Å². The zero-order valence-corrected chi connectivity index (χ0v) is 14.9. The molecule has 7 heteroatoms. The first-order chi connectivity index (χ1) is 11.6. The summed E-state index contributed by atoms with van der Waals surface area (Å²) in [6.07, 6.45) is 4.19. The van der Waals surface area contributed by atoms with Crippen LogP contribution in [0.3, 0.4) is 0 Å². The standard InChI is InChI=1S/C17H26N4O2S/c1-18-17(20-15-7-8-15)19-13-14-9-11-21(12-10-14)24(22,23)16-5-3-2-4-6-16/h2-6,14-15H,7-13H2,1H3,(H2,18,19,20). The summed E-state index contributed by atoms with van der Waals surface area (Å²) in [6, 6.07) is 9.27. The van der Waals surface area contributed by atoms with Crippen LogP contribution in [0.5, 0.6) is 0 Å². The number of piperidine rings is 1. The van der Waals surface area contributed by atoms with Gasteiger partial charge in [0, 0.05) is 32.7 Å². The SMILES string of the molecule is CN=C(NCC1CCN(S(=O)(=O)c2ccccc2)CC1)NC1CC1. The van der Waals surface area contributed by atoms with Crippen LogP contribution in [0.15, 0.2) is 40.2 Å². The number of guanidine groups is 1. The van der Waals surface area contributed by atoms with Crippen LogP contribution in [0, 0.1) is 5.92 Å². The van der Waals surface area contributed by atoms with Crippen molar-refractivity contribution in [1.82, 2.24) is 14.9 Å². The van der Waals surface area contributed by atoms with Crippen LogP contribution in [0.4, 0.5) is 0 Å². The number of sulfonamides is 1. The maximum Gasteiger partial charge on any atom is 0.243 e. The second-order valence-electron chi connectivity index (χ2n) is 6.53. The maximum absolute atomic E-state index is 12.6. The second-order valence-corrected chi connectivity index (χ2v) is 8.47. The molecule has 0 unspecified atom stereocenters. The van der Waals surface area contributed by atoms with Crippen LogP contribution in [0.2, 0.25) is 0 Å². The third-order valence-corrected chi connectivity index (χ3v) is 6.57. The van der Waals surface area contributed by atoms with E-state index in [-0.39, 0.29) is 0 Å². The number of aliphatic imine (C=N–C) groups is 1. The van der Waals surface area contributed by atoms with Crippen molar-refractivity contribution in [2.24, 2.45) is 10.9 Å². The molecule has 1 saturated heterocycles. The van der Waals surface area contributed by atoms with Gasteiger partial charge >= 0.3 is 0 Å². The van der Waals surface area contributed by atoms with Crippen molar-refractivity contribution in [3.8, 4) is 0 Å². The molecule has 132 valence electrons. The zero-order chi connectivity index (χ0) is 17.0. The smallest absolute Gasteiger partial charge is 0.243 e. The van der Waals surface area contributed by atoms with E-state index in [2.05, 4.69) is 15.6 Å². The average Bonchev–Trinajstić information content (AvgIpc) is 3.44. The number of benzene rings is 1. The van der Waals surface area contributed by atoms with Gasteiger partial charge in [0.25, 0.3) is 0 Å². The fourth-order valence-corrected chi connectivity index (χ4v) is 4.44. The van der Waals surface area contributed by atoms with E-state index in [9.17, 15) is 8.42 Å². The Hall–Kier alpha value is -1.60. The molecule has 2 N–H and O–H groups in total. The maximum atomic E-state index is 12.6. The third kappa shape index (κ3) is 4.27. The molecular weight excluding hydrogens is 324 g/mol. The molecule has 1 heterocycles. The average molecular weight is 350 g/mol. The first-order valence-electron chi connectivity index (χ1n) is 8.62. The van der Waals surface area contributed by atoms with Gasteiger partial charge in [-0.2, -0.15) is 4.31 Å². The highest BCUT2D eigenvalue weighted by molar-refractivity contribution is 7.89. The highest BCUT2D eigenvalue weighted by Gasteiger charge is 2.29. The van der Waals surface area contributed by atoms with Gasteiger partial charge in [-0.05, 0) is 43.7 Å². The molecular formula is C17H26N4O2S. The number of hydrogen-bond donors (Lipinski definition) is 2. The van der Waals surface area contributed by atoms with Crippen LogP contribution in [-0.4, -0.2) is 51.4 Å². The Kier molecular flexibility index (Phi) is 5.40. The molecule has 6 nitrogen and oxygen atoms in total. The van der Waals surface area contributed by atoms with Gasteiger partial charge in [0.05, 0.1) is 4.90 Å². The molecule has 1 aliphatic carbocycles. The lowest BCUT2D eigenvalue weighted by atomic mass is 9.98. The van der Waals surface area contributed by atoms with Gasteiger partial charge < -0.3 is 10.6 Å². The molecule has 24 heavy (non-hydrogen) atoms. The van der Waals surface area contributed by atoms with Crippen LogP contribution in [0.1, 0.15) is 25.7 Å². The lowest BCUT2D eigenvalue weighted by Gasteiger charge is -2.31. The van der Waals surface area contributed by atoms with E-state index >= 15 is 0 Å². The molecule has 0 bridgehead atoms. The fourth-order valence-electron chi connectivity index (χ4n) is 2.95. The lowest BCUT2D eigenvalue weighted by molar-refractivity contribution is 0.273. The van der Waals surface area contributed by atoms with Gasteiger partial charge in [0.1, 0.15) is 0 Å². The summed E-state index contributed by atoms with van der Waals surface area (Å²) in [4.78, 5) is 4.62. The second kappa shape index (κ2) is 7.53. The number of rotatable bonds is 5. The Morgan fingerprint density at radius 1 is 1.17 bits per heavy atom. The number of hydrogen-bond acceptors (Lipinski definition) is 3. The van der Waals surface area contributed by atoms with E-state index in [1.54, 1.807) is 35.6 Å². The van der Waals surface area contributed by atoms with Crippen molar-refractivity contribution in [3.05, 3.63) is 30.3 Å². The minimum absolute atomic E-state index is 0.385. The van der Waals surface area contributed by atoms with Crippen LogP contribution < -0.4 is 10.6 Å². The van der Waals surface area contributed by atoms with Gasteiger partial charge in [-0.3, -0.25) is 4.99 Å². The Morgan fingerprint density at radius 3 is 2.42 bits per heavy atom. The molecule has 2 fully saturated rings. The molecule has 1 aliphatic heterocycles. The largest absolute Gasteiger partial charge is 0.356 e. The molecule has 0 amide bonds. The van der Waals surface area contributed by atoms with Crippen LogP contribution >= 0.6 is 0 Å². The van der Waals surface area contributed by atoms with E-state index in [0.29, 0.717) is 29.9 Å². The van der Waals surface area contributed by atoms with Crippen molar-refractivity contribution < 1.29 is 8.42 Å². The normalized spacial score (nSPS) is 20.8. The molecule has 2 aliphatic rings. The van der Waals surface area contributed by atoms with Crippen molar-refractivity contribution in [2.75, 3.05) is 26.7 Å². The Balaban J connectivity index is 1.48. The first-order valence-corrected chi connectivity index (χ1v) is 10.1. The molecule has 1 aromatic carbocycles. The zero-order valence-electron chi connectivity index (χ0n) is 14.1. The molecule has 1 saturated carbocycles. The minimum Gasteiger partial charge on any atom is -0.356 e. The Morgan fingerprint density at radius 2 is 1.83 bits per heavy atom. The van der Waals surface area contributed by atoms with Gasteiger partial charge in [-0.15, -0.1) is 0 Å². The third-order valence-electron chi connectivity index (χ3n) is 4.65. The van der Waals surface area contributed by atoms with E-state index in [0.717, 1.165) is 25.3 Å². The highest BCUT2D eigenvalue weighted by Crippen LogP contribution is 2.23. The van der Waals surface area contributed by atoms with Gasteiger partial charge in [-0.1, -0.05) is 18.2 Å². The van der Waals surface area contributed by atoms with E-state index in [4.69, 9.17) is 0 Å². The van der Waals surface area contributed by atoms with Crippen molar-refractivity contribution >= 4 is 16.0 Å². The summed E-state index contributed by atoms with van der Waals surface area (Å²) in [5, 5.41) is 6.73. The van der Waals surface area contributed by atoms with Crippen molar-refractivity contribution in [1.29, 1.82) is 0 Å². The molecule has 0 spiro atoms.